The molecule has 0 saturated heterocycles. The third kappa shape index (κ3) is 14.5. The maximum absolute atomic E-state index is 9.00. The van der Waals surface area contributed by atoms with Gasteiger partial charge < -0.3 is 5.11 Å². The van der Waals surface area contributed by atoms with E-state index in [1.54, 1.807) is 0 Å². The number of rotatable bonds is 11. The smallest absolute Gasteiger partial charge is 0.0545 e. The summed E-state index contributed by atoms with van der Waals surface area (Å²) in [6.07, 6.45) is 1.56. The third-order valence-electron chi connectivity index (χ3n) is 1.75. The maximum Gasteiger partial charge on any atom is 0.0545 e. The van der Waals surface area contributed by atoms with Crippen LogP contribution < -0.4 is 0 Å². The Bertz CT molecular complexity index is 123. The van der Waals surface area contributed by atoms with Crippen molar-refractivity contribution in [3.8, 4) is 0 Å². The van der Waals surface area contributed by atoms with Crippen molar-refractivity contribution < 1.29 is 5.11 Å². The molecule has 1 unspecified atom stereocenters. The highest BCUT2D eigenvalue weighted by atomic mass is 16.3. The topological polar surface area (TPSA) is 20.2 Å². The molecule has 9 radical (unpaired) electrons. The molecule has 0 saturated carbocycles. The van der Waals surface area contributed by atoms with E-state index in [-0.39, 0.29) is 6.10 Å². The summed E-state index contributed by atoms with van der Waals surface area (Å²) in [5, 5.41) is 9.00. The molecule has 0 aromatic rings. The van der Waals surface area contributed by atoms with E-state index >= 15 is 0 Å². The standard InChI is InChI=1S/C5H12B9O/c1-5(15)3-4-7-9-11-13-14-12-10-8-6-2/h5,15H,3-4H2,1-2H3. The molecule has 1 N–H and O–H groups in total. The van der Waals surface area contributed by atoms with Gasteiger partial charge in [-0.2, -0.15) is 0 Å². The minimum Gasteiger partial charge on any atom is -0.393 e. The maximum atomic E-state index is 9.00. The molecule has 0 fully saturated rings. The van der Waals surface area contributed by atoms with Crippen LogP contribution in [0.4, 0.5) is 0 Å². The average Bonchev–Trinajstić information content (AvgIpc) is 2.20. The molecule has 0 bridgehead atoms. The fraction of sp³-hybridized carbons (Fsp3) is 1.00. The van der Waals surface area contributed by atoms with Crippen molar-refractivity contribution in [2.45, 2.75) is 32.6 Å². The van der Waals surface area contributed by atoms with Crippen LogP contribution in [0.2, 0.25) is 13.1 Å². The normalized spacial score (nSPS) is 10.6. The Morgan fingerprint density at radius 3 is 2.00 bits per heavy atom. The van der Waals surface area contributed by atoms with Crippen molar-refractivity contribution >= 4 is 63.8 Å². The molecule has 0 spiro atoms. The minimum atomic E-state index is -0.200. The fourth-order valence-corrected chi connectivity index (χ4v) is 0.944. The van der Waals surface area contributed by atoms with Crippen LogP contribution in [0.5, 0.6) is 0 Å². The van der Waals surface area contributed by atoms with Crippen molar-refractivity contribution in [2.24, 2.45) is 0 Å². The van der Waals surface area contributed by atoms with Crippen LogP contribution in [0.3, 0.4) is 0 Å². The average molecular weight is 185 g/mol. The largest absolute Gasteiger partial charge is 0.393 e. The zero-order valence-electron chi connectivity index (χ0n) is 9.63. The molecule has 15 heavy (non-hydrogen) atoms. The van der Waals surface area contributed by atoms with E-state index in [9.17, 15) is 0 Å². The van der Waals surface area contributed by atoms with Crippen molar-refractivity contribution in [1.29, 1.82) is 0 Å². The summed E-state index contributed by atoms with van der Waals surface area (Å²) in [4.78, 5) is 0. The van der Waals surface area contributed by atoms with E-state index in [0.717, 1.165) is 12.7 Å². The third-order valence-corrected chi connectivity index (χ3v) is 1.75. The Hall–Kier alpha value is 0.544. The predicted octanol–water partition coefficient (Wildman–Crippen LogP) is -2.12. The van der Waals surface area contributed by atoms with Gasteiger partial charge in [-0.05, 0) is 13.3 Å². The summed E-state index contributed by atoms with van der Waals surface area (Å²) in [7, 11) is 18.0. The Morgan fingerprint density at radius 1 is 0.933 bits per heavy atom. The molecular formula is C5H12B9O. The van der Waals surface area contributed by atoms with Crippen molar-refractivity contribution in [2.75, 3.05) is 0 Å². The Labute approximate surface area is 102 Å². The van der Waals surface area contributed by atoms with Crippen LogP contribution in [0.25, 0.3) is 0 Å². The van der Waals surface area contributed by atoms with Crippen LogP contribution in [0, 0.1) is 0 Å². The van der Waals surface area contributed by atoms with Gasteiger partial charge in [0, 0.05) is 49.4 Å². The van der Waals surface area contributed by atoms with Gasteiger partial charge in [0.2, 0.25) is 0 Å². The van der Waals surface area contributed by atoms with Gasteiger partial charge in [-0.3, -0.25) is 0 Å². The van der Waals surface area contributed by atoms with E-state index in [4.69, 9.17) is 5.11 Å². The molecule has 0 aliphatic rings. The van der Waals surface area contributed by atoms with Crippen molar-refractivity contribution in [1.82, 2.24) is 0 Å². The van der Waals surface area contributed by atoms with E-state index < -0.39 is 0 Å². The first-order valence-corrected chi connectivity index (χ1v) is 5.40. The van der Waals surface area contributed by atoms with Gasteiger partial charge >= 0.3 is 0 Å². The zero-order chi connectivity index (χ0) is 11.4. The monoisotopic (exact) mass is 187 g/mol. The van der Waals surface area contributed by atoms with Crippen molar-refractivity contribution in [3.05, 3.63) is 0 Å². The SMILES string of the molecule is C[B][B][B][B][B][B][B][B][B]CCC(C)O. The van der Waals surface area contributed by atoms with Gasteiger partial charge in [0.05, 0.1) is 20.4 Å². The summed E-state index contributed by atoms with van der Waals surface area (Å²) < 4.78 is 0. The molecule has 0 aliphatic carbocycles. The predicted molar refractivity (Wildman–Crippen MR) is 78.8 cm³/mol. The highest BCUT2D eigenvalue weighted by Gasteiger charge is 1.99. The van der Waals surface area contributed by atoms with E-state index in [1.165, 1.54) is 0 Å². The second-order valence-electron chi connectivity index (χ2n) is 3.34. The van der Waals surface area contributed by atoms with E-state index in [0.29, 0.717) is 0 Å². The minimum absolute atomic E-state index is 0.200. The highest BCUT2D eigenvalue weighted by Crippen LogP contribution is 1.93. The molecule has 65 valence electrons. The van der Waals surface area contributed by atoms with Crippen LogP contribution in [0.15, 0.2) is 0 Å². The number of hydrogen-bond donors (Lipinski definition) is 1. The van der Waals surface area contributed by atoms with Crippen LogP contribution in [-0.4, -0.2) is 75.0 Å². The van der Waals surface area contributed by atoms with Crippen LogP contribution in [0.1, 0.15) is 13.3 Å². The molecule has 1 atom stereocenters. The van der Waals surface area contributed by atoms with Gasteiger partial charge in [-0.25, -0.2) is 0 Å². The summed E-state index contributed by atoms with van der Waals surface area (Å²) in [6, 6.07) is 0. The number of aliphatic hydroxyl groups is 1. The molecule has 0 aromatic heterocycles. The summed E-state index contributed by atoms with van der Waals surface area (Å²) in [6.45, 7) is 3.80. The van der Waals surface area contributed by atoms with Gasteiger partial charge in [0.25, 0.3) is 0 Å². The lowest BCUT2D eigenvalue weighted by Crippen LogP contribution is -2.31. The first kappa shape index (κ1) is 15.5. The highest BCUT2D eigenvalue weighted by molar-refractivity contribution is 7.67. The molecular weight excluding hydrogens is 173 g/mol. The van der Waals surface area contributed by atoms with E-state index in [2.05, 4.69) is 7.17 Å². The van der Waals surface area contributed by atoms with Crippen LogP contribution in [-0.2, 0) is 0 Å². The van der Waals surface area contributed by atoms with Crippen LogP contribution >= 0.6 is 0 Å². The second-order valence-corrected chi connectivity index (χ2v) is 3.34. The fourth-order valence-electron chi connectivity index (χ4n) is 0.944. The Kier molecular flexibility index (Phi) is 13.1. The summed E-state index contributed by atoms with van der Waals surface area (Å²) in [5.74, 6) is 0. The van der Waals surface area contributed by atoms with Gasteiger partial charge in [0.1, 0.15) is 0 Å². The molecule has 0 amide bonds. The quantitative estimate of drug-likeness (QED) is 0.288. The zero-order valence-corrected chi connectivity index (χ0v) is 9.63. The van der Waals surface area contributed by atoms with Crippen molar-refractivity contribution in [3.63, 3.8) is 0 Å². The summed E-state index contributed by atoms with van der Waals surface area (Å²) in [5.41, 5.74) is 0. The molecule has 1 nitrogen and oxygen atoms in total. The van der Waals surface area contributed by atoms with Gasteiger partial charge in [-0.15, -0.1) is 6.82 Å². The molecule has 0 rings (SSSR count). The van der Waals surface area contributed by atoms with Gasteiger partial charge in [-0.1, -0.05) is 6.32 Å². The first-order valence-electron chi connectivity index (χ1n) is 5.40. The molecule has 0 heterocycles. The number of hydrogen-bond acceptors (Lipinski definition) is 1. The van der Waals surface area contributed by atoms with E-state index in [1.807, 2.05) is 70.3 Å². The molecule has 0 aromatic carbocycles. The lowest BCUT2D eigenvalue weighted by molar-refractivity contribution is 0.191. The number of aliphatic hydroxyl groups excluding tert-OH is 1. The first-order chi connectivity index (χ1) is 7.27. The molecule has 10 heteroatoms. The second kappa shape index (κ2) is 12.6. The summed E-state index contributed by atoms with van der Waals surface area (Å²) >= 11 is 0. The van der Waals surface area contributed by atoms with Gasteiger partial charge in [0.15, 0.2) is 0 Å². The Balaban J connectivity index is 2.87. The lowest BCUT2D eigenvalue weighted by atomic mass is 8.89. The lowest BCUT2D eigenvalue weighted by Gasteiger charge is -2.01. The molecule has 0 aliphatic heterocycles. The Morgan fingerprint density at radius 2 is 1.47 bits per heavy atom.